The van der Waals surface area contributed by atoms with Gasteiger partial charge in [0.05, 0.1) is 11.1 Å². The SMILES string of the molecule is NC(=O)c1ccccc1C(Br)c1ccco1. The van der Waals surface area contributed by atoms with Crippen molar-refractivity contribution in [3.8, 4) is 0 Å². The Labute approximate surface area is 101 Å². The molecule has 1 unspecified atom stereocenters. The van der Waals surface area contributed by atoms with Crippen LogP contribution in [0.3, 0.4) is 0 Å². The standard InChI is InChI=1S/C12H10BrNO2/c13-11(10-6-3-7-16-10)8-4-1-2-5-9(8)12(14)15/h1-7,11H,(H2,14,15). The van der Waals surface area contributed by atoms with E-state index in [9.17, 15) is 4.79 Å². The molecule has 0 spiro atoms. The van der Waals surface area contributed by atoms with Crippen LogP contribution >= 0.6 is 15.9 Å². The maximum Gasteiger partial charge on any atom is 0.249 e. The van der Waals surface area contributed by atoms with Crippen molar-refractivity contribution in [2.24, 2.45) is 5.73 Å². The van der Waals surface area contributed by atoms with Crippen molar-refractivity contribution in [1.82, 2.24) is 0 Å². The third-order valence-electron chi connectivity index (χ3n) is 2.29. The van der Waals surface area contributed by atoms with Gasteiger partial charge in [0.2, 0.25) is 5.91 Å². The number of furan rings is 1. The van der Waals surface area contributed by atoms with Crippen molar-refractivity contribution in [3.63, 3.8) is 0 Å². The lowest BCUT2D eigenvalue weighted by molar-refractivity contribution is 0.0999. The number of carbonyl (C=O) groups is 1. The molecule has 4 heteroatoms. The summed E-state index contributed by atoms with van der Waals surface area (Å²) in [4.78, 5) is 11.1. The zero-order valence-electron chi connectivity index (χ0n) is 8.39. The highest BCUT2D eigenvalue weighted by Crippen LogP contribution is 2.32. The summed E-state index contributed by atoms with van der Waals surface area (Å²) in [5, 5.41) is 0. The van der Waals surface area contributed by atoms with Gasteiger partial charge in [0.15, 0.2) is 0 Å². The minimum Gasteiger partial charge on any atom is -0.468 e. The van der Waals surface area contributed by atoms with Crippen LogP contribution < -0.4 is 5.73 Å². The largest absolute Gasteiger partial charge is 0.468 e. The minimum atomic E-state index is -0.438. The predicted octanol–water partition coefficient (Wildman–Crippen LogP) is 2.86. The molecule has 1 amide bonds. The van der Waals surface area contributed by atoms with Gasteiger partial charge < -0.3 is 10.2 Å². The monoisotopic (exact) mass is 279 g/mol. The van der Waals surface area contributed by atoms with E-state index in [0.29, 0.717) is 5.56 Å². The maximum absolute atomic E-state index is 11.3. The average Bonchev–Trinajstić information content (AvgIpc) is 2.81. The summed E-state index contributed by atoms with van der Waals surface area (Å²) in [6.07, 6.45) is 1.59. The second kappa shape index (κ2) is 4.53. The number of amides is 1. The Morgan fingerprint density at radius 3 is 2.62 bits per heavy atom. The van der Waals surface area contributed by atoms with E-state index in [2.05, 4.69) is 15.9 Å². The summed E-state index contributed by atoms with van der Waals surface area (Å²) < 4.78 is 5.29. The summed E-state index contributed by atoms with van der Waals surface area (Å²) in [5.41, 5.74) is 6.63. The number of carbonyl (C=O) groups excluding carboxylic acids is 1. The Balaban J connectivity index is 2.44. The Hall–Kier alpha value is -1.55. The Kier molecular flexibility index (Phi) is 3.10. The van der Waals surface area contributed by atoms with Crippen LogP contribution in [0.4, 0.5) is 0 Å². The Bertz CT molecular complexity index is 493. The van der Waals surface area contributed by atoms with Crippen LogP contribution in [0.15, 0.2) is 47.1 Å². The second-order valence-electron chi connectivity index (χ2n) is 3.33. The van der Waals surface area contributed by atoms with Gasteiger partial charge in [0, 0.05) is 5.56 Å². The molecule has 82 valence electrons. The molecule has 0 aliphatic rings. The molecule has 1 heterocycles. The van der Waals surface area contributed by atoms with Crippen molar-refractivity contribution in [2.45, 2.75) is 4.83 Å². The van der Waals surface area contributed by atoms with Gasteiger partial charge in [-0.15, -0.1) is 0 Å². The van der Waals surface area contributed by atoms with E-state index < -0.39 is 5.91 Å². The topological polar surface area (TPSA) is 56.2 Å². The van der Waals surface area contributed by atoms with Crippen LogP contribution in [-0.2, 0) is 0 Å². The molecule has 0 radical (unpaired) electrons. The molecule has 0 fully saturated rings. The third kappa shape index (κ3) is 2.02. The van der Waals surface area contributed by atoms with Gasteiger partial charge >= 0.3 is 0 Å². The van der Waals surface area contributed by atoms with Gasteiger partial charge in [0.1, 0.15) is 5.76 Å². The summed E-state index contributed by atoms with van der Waals surface area (Å²) in [6, 6.07) is 10.8. The lowest BCUT2D eigenvalue weighted by Crippen LogP contribution is -2.14. The smallest absolute Gasteiger partial charge is 0.249 e. The first-order valence-corrected chi connectivity index (χ1v) is 5.68. The van der Waals surface area contributed by atoms with Crippen LogP contribution in [0.5, 0.6) is 0 Å². The van der Waals surface area contributed by atoms with Gasteiger partial charge in [-0.3, -0.25) is 4.79 Å². The zero-order chi connectivity index (χ0) is 11.5. The van der Waals surface area contributed by atoms with Crippen molar-refractivity contribution in [3.05, 3.63) is 59.5 Å². The van der Waals surface area contributed by atoms with Crippen LogP contribution in [0.25, 0.3) is 0 Å². The van der Waals surface area contributed by atoms with Gasteiger partial charge in [-0.1, -0.05) is 34.1 Å². The highest BCUT2D eigenvalue weighted by Gasteiger charge is 2.18. The van der Waals surface area contributed by atoms with Crippen LogP contribution in [0.2, 0.25) is 0 Å². The van der Waals surface area contributed by atoms with Crippen molar-refractivity contribution in [1.29, 1.82) is 0 Å². The molecule has 1 atom stereocenters. The Morgan fingerprint density at radius 2 is 2.00 bits per heavy atom. The van der Waals surface area contributed by atoms with E-state index in [1.807, 2.05) is 18.2 Å². The second-order valence-corrected chi connectivity index (χ2v) is 4.25. The quantitative estimate of drug-likeness (QED) is 0.879. The molecule has 2 N–H and O–H groups in total. The molecule has 0 saturated carbocycles. The molecule has 2 aromatic rings. The summed E-state index contributed by atoms with van der Waals surface area (Å²) >= 11 is 3.49. The highest BCUT2D eigenvalue weighted by molar-refractivity contribution is 9.09. The van der Waals surface area contributed by atoms with Crippen LogP contribution in [0, 0.1) is 0 Å². The molecule has 1 aromatic carbocycles. The lowest BCUT2D eigenvalue weighted by Gasteiger charge is -2.10. The number of hydrogen-bond acceptors (Lipinski definition) is 2. The fourth-order valence-corrected chi connectivity index (χ4v) is 2.19. The van der Waals surface area contributed by atoms with Crippen LogP contribution in [-0.4, -0.2) is 5.91 Å². The minimum absolute atomic E-state index is 0.161. The number of rotatable bonds is 3. The van der Waals surface area contributed by atoms with Gasteiger partial charge in [-0.2, -0.15) is 0 Å². The van der Waals surface area contributed by atoms with Crippen LogP contribution in [0.1, 0.15) is 26.5 Å². The maximum atomic E-state index is 11.3. The van der Waals surface area contributed by atoms with E-state index >= 15 is 0 Å². The molecule has 0 bridgehead atoms. The first kappa shape index (κ1) is 11.0. The first-order chi connectivity index (χ1) is 7.70. The zero-order valence-corrected chi connectivity index (χ0v) is 9.98. The number of primary amides is 1. The molecule has 3 nitrogen and oxygen atoms in total. The fraction of sp³-hybridized carbons (Fsp3) is 0.0833. The van der Waals surface area contributed by atoms with Crippen molar-refractivity contribution in [2.75, 3.05) is 0 Å². The molecule has 0 aliphatic heterocycles. The summed E-state index contributed by atoms with van der Waals surface area (Å²) in [6.45, 7) is 0. The van der Waals surface area contributed by atoms with Crippen molar-refractivity contribution < 1.29 is 9.21 Å². The van der Waals surface area contributed by atoms with E-state index in [1.54, 1.807) is 24.5 Å². The lowest BCUT2D eigenvalue weighted by atomic mass is 10.0. The molecule has 1 aromatic heterocycles. The molecule has 0 aliphatic carbocycles. The molecule has 2 rings (SSSR count). The van der Waals surface area contributed by atoms with E-state index in [4.69, 9.17) is 10.2 Å². The number of halogens is 1. The van der Waals surface area contributed by atoms with E-state index in [0.717, 1.165) is 11.3 Å². The molecule has 16 heavy (non-hydrogen) atoms. The van der Waals surface area contributed by atoms with Crippen molar-refractivity contribution >= 4 is 21.8 Å². The summed E-state index contributed by atoms with van der Waals surface area (Å²) in [5.74, 6) is 0.306. The average molecular weight is 280 g/mol. The predicted molar refractivity (Wildman–Crippen MR) is 64.4 cm³/mol. The number of nitrogens with two attached hydrogens (primary N) is 1. The molecular weight excluding hydrogens is 270 g/mol. The van der Waals surface area contributed by atoms with E-state index in [1.165, 1.54) is 0 Å². The normalized spacial score (nSPS) is 12.3. The van der Waals surface area contributed by atoms with E-state index in [-0.39, 0.29) is 4.83 Å². The third-order valence-corrected chi connectivity index (χ3v) is 3.24. The van der Waals surface area contributed by atoms with Gasteiger partial charge in [-0.25, -0.2) is 0 Å². The van der Waals surface area contributed by atoms with Gasteiger partial charge in [-0.05, 0) is 23.8 Å². The highest BCUT2D eigenvalue weighted by atomic mass is 79.9. The Morgan fingerprint density at radius 1 is 1.25 bits per heavy atom. The first-order valence-electron chi connectivity index (χ1n) is 4.76. The summed E-state index contributed by atoms with van der Waals surface area (Å²) in [7, 11) is 0. The number of hydrogen-bond donors (Lipinski definition) is 1. The number of alkyl halides is 1. The van der Waals surface area contributed by atoms with Gasteiger partial charge in [0.25, 0.3) is 0 Å². The number of benzene rings is 1. The molecule has 0 saturated heterocycles. The fourth-order valence-electron chi connectivity index (χ4n) is 1.53. The molecular formula is C12H10BrNO2.